The Morgan fingerprint density at radius 1 is 1.24 bits per heavy atom. The molecule has 3 aliphatic heterocycles. The van der Waals surface area contributed by atoms with E-state index in [0.717, 1.165) is 31.8 Å². The van der Waals surface area contributed by atoms with Crippen molar-refractivity contribution >= 4 is 6.03 Å². The molecule has 4 fully saturated rings. The third-order valence-corrected chi connectivity index (χ3v) is 5.67. The molecule has 0 aromatic carbocycles. The van der Waals surface area contributed by atoms with Crippen molar-refractivity contribution in [1.29, 1.82) is 0 Å². The van der Waals surface area contributed by atoms with E-state index in [1.807, 2.05) is 0 Å². The molecule has 2 bridgehead atoms. The summed E-state index contributed by atoms with van der Waals surface area (Å²) in [7, 11) is 0. The van der Waals surface area contributed by atoms with Crippen LogP contribution in [0.1, 0.15) is 44.9 Å². The van der Waals surface area contributed by atoms with Crippen molar-refractivity contribution in [2.75, 3.05) is 19.6 Å². The molecule has 118 valence electrons. The number of hydrogen-bond acceptors (Lipinski definition) is 2. The fourth-order valence-electron chi connectivity index (χ4n) is 4.35. The second-order valence-electron chi connectivity index (χ2n) is 7.02. The summed E-state index contributed by atoms with van der Waals surface area (Å²) >= 11 is 0. The number of urea groups is 1. The Morgan fingerprint density at radius 3 is 2.71 bits per heavy atom. The number of piperidine rings is 3. The molecule has 4 rings (SSSR count). The van der Waals surface area contributed by atoms with Crippen LogP contribution in [-0.2, 0) is 0 Å². The van der Waals surface area contributed by atoms with E-state index < -0.39 is 0 Å². The van der Waals surface area contributed by atoms with E-state index in [2.05, 4.69) is 28.2 Å². The fraction of sp³-hybridized carbons (Fsp3) is 0.824. The fourth-order valence-corrected chi connectivity index (χ4v) is 4.35. The first-order chi connectivity index (χ1) is 10.3. The van der Waals surface area contributed by atoms with Crippen LogP contribution in [0.25, 0.3) is 0 Å². The maximum atomic E-state index is 12.0. The first kappa shape index (κ1) is 14.9. The van der Waals surface area contributed by atoms with Crippen molar-refractivity contribution in [3.05, 3.63) is 12.7 Å². The van der Waals surface area contributed by atoms with Crippen LogP contribution in [0.4, 0.5) is 4.79 Å². The minimum atomic E-state index is 0.0322. The van der Waals surface area contributed by atoms with E-state index in [9.17, 15) is 4.79 Å². The van der Waals surface area contributed by atoms with Crippen molar-refractivity contribution in [2.24, 2.45) is 11.8 Å². The lowest BCUT2D eigenvalue weighted by molar-refractivity contribution is 0.0207. The predicted octanol–water partition coefficient (Wildman–Crippen LogP) is 2.51. The maximum absolute atomic E-state index is 12.0. The van der Waals surface area contributed by atoms with E-state index in [0.29, 0.717) is 18.0 Å². The lowest BCUT2D eigenvalue weighted by Gasteiger charge is -2.49. The summed E-state index contributed by atoms with van der Waals surface area (Å²) < 4.78 is 0. The van der Waals surface area contributed by atoms with Gasteiger partial charge in [-0.1, -0.05) is 25.3 Å². The monoisotopic (exact) mass is 291 g/mol. The molecule has 4 atom stereocenters. The zero-order chi connectivity index (χ0) is 14.7. The van der Waals surface area contributed by atoms with Gasteiger partial charge in [-0.15, -0.1) is 6.58 Å². The molecule has 1 aliphatic carbocycles. The molecular formula is C17H29N3O. The van der Waals surface area contributed by atoms with Gasteiger partial charge in [0.05, 0.1) is 0 Å². The highest BCUT2D eigenvalue weighted by molar-refractivity contribution is 5.74. The van der Waals surface area contributed by atoms with Gasteiger partial charge in [-0.25, -0.2) is 4.79 Å². The lowest BCUT2D eigenvalue weighted by Crippen LogP contribution is -2.57. The molecule has 0 radical (unpaired) electrons. The Morgan fingerprint density at radius 2 is 2.05 bits per heavy atom. The van der Waals surface area contributed by atoms with Gasteiger partial charge in [-0.05, 0) is 44.1 Å². The first-order valence-corrected chi connectivity index (χ1v) is 8.67. The quantitative estimate of drug-likeness (QED) is 0.782. The van der Waals surface area contributed by atoms with Crippen LogP contribution in [0.3, 0.4) is 0 Å². The molecule has 1 saturated carbocycles. The third-order valence-electron chi connectivity index (χ3n) is 5.67. The maximum Gasteiger partial charge on any atom is 0.315 e. The van der Waals surface area contributed by atoms with Gasteiger partial charge in [-0.3, -0.25) is 4.90 Å². The highest BCUT2D eigenvalue weighted by atomic mass is 16.2. The Balaban J connectivity index is 1.41. The standard InChI is InChI=1S/C17H29N3O/c1-2-13-12-20-9-8-14(13)10-16(20)11-18-17(21)19-15-6-4-3-5-7-15/h2,13-16H,1,3-12H2,(H2,18,19,21)/t13-,14-,16+/m0/s1. The number of hydrogen-bond donors (Lipinski definition) is 2. The average molecular weight is 291 g/mol. The lowest BCUT2D eigenvalue weighted by atomic mass is 9.75. The SMILES string of the molecule is C=C[C@H]1CN2CC[C@H]1C[C@@H]2CNC(=O)NC1CCCCC1. The van der Waals surface area contributed by atoms with Gasteiger partial charge < -0.3 is 10.6 Å². The molecule has 2 amide bonds. The van der Waals surface area contributed by atoms with Crippen molar-refractivity contribution in [3.8, 4) is 0 Å². The number of nitrogens with zero attached hydrogens (tertiary/aromatic N) is 1. The first-order valence-electron chi connectivity index (χ1n) is 8.67. The van der Waals surface area contributed by atoms with E-state index >= 15 is 0 Å². The largest absolute Gasteiger partial charge is 0.337 e. The van der Waals surface area contributed by atoms with Crippen molar-refractivity contribution in [2.45, 2.75) is 57.0 Å². The number of carbonyl (C=O) groups is 1. The van der Waals surface area contributed by atoms with Crippen LogP contribution in [0, 0.1) is 11.8 Å². The summed E-state index contributed by atoms with van der Waals surface area (Å²) in [5, 5.41) is 6.24. The normalized spacial score (nSPS) is 36.2. The number of rotatable bonds is 4. The van der Waals surface area contributed by atoms with Crippen LogP contribution in [0.2, 0.25) is 0 Å². The topological polar surface area (TPSA) is 44.4 Å². The predicted molar refractivity (Wildman–Crippen MR) is 85.2 cm³/mol. The van der Waals surface area contributed by atoms with Gasteiger partial charge in [-0.2, -0.15) is 0 Å². The van der Waals surface area contributed by atoms with E-state index in [1.54, 1.807) is 0 Å². The van der Waals surface area contributed by atoms with E-state index in [1.165, 1.54) is 38.6 Å². The molecule has 1 unspecified atom stereocenters. The minimum absolute atomic E-state index is 0.0322. The summed E-state index contributed by atoms with van der Waals surface area (Å²) in [6.45, 7) is 7.07. The van der Waals surface area contributed by atoms with Crippen LogP contribution < -0.4 is 10.6 Å². The minimum Gasteiger partial charge on any atom is -0.337 e. The third kappa shape index (κ3) is 3.60. The second-order valence-corrected chi connectivity index (χ2v) is 7.02. The number of amides is 2. The van der Waals surface area contributed by atoms with Gasteiger partial charge in [0.2, 0.25) is 0 Å². The van der Waals surface area contributed by atoms with Crippen LogP contribution in [-0.4, -0.2) is 42.6 Å². The Hall–Kier alpha value is -1.03. The summed E-state index contributed by atoms with van der Waals surface area (Å²) in [6, 6.07) is 0.953. The van der Waals surface area contributed by atoms with E-state index in [-0.39, 0.29) is 6.03 Å². The van der Waals surface area contributed by atoms with Crippen molar-refractivity contribution in [3.63, 3.8) is 0 Å². The van der Waals surface area contributed by atoms with Gasteiger partial charge >= 0.3 is 6.03 Å². The average Bonchev–Trinajstić information content (AvgIpc) is 2.54. The van der Waals surface area contributed by atoms with Crippen molar-refractivity contribution in [1.82, 2.24) is 15.5 Å². The van der Waals surface area contributed by atoms with Crippen molar-refractivity contribution < 1.29 is 4.79 Å². The Kier molecular flexibility index (Phi) is 4.84. The molecule has 4 heteroatoms. The number of carbonyl (C=O) groups excluding carboxylic acids is 1. The number of fused-ring (bicyclic) bond motifs is 3. The molecular weight excluding hydrogens is 262 g/mol. The van der Waals surface area contributed by atoms with Gasteiger partial charge in [0.1, 0.15) is 0 Å². The molecule has 0 spiro atoms. The smallest absolute Gasteiger partial charge is 0.315 e. The summed E-state index contributed by atoms with van der Waals surface area (Å²) in [5.74, 6) is 1.44. The highest BCUT2D eigenvalue weighted by Crippen LogP contribution is 2.36. The molecule has 2 N–H and O–H groups in total. The van der Waals surface area contributed by atoms with Crippen LogP contribution in [0.5, 0.6) is 0 Å². The molecule has 0 aromatic heterocycles. The number of nitrogens with one attached hydrogen (secondary N) is 2. The molecule has 4 aliphatic rings. The zero-order valence-corrected chi connectivity index (χ0v) is 13.0. The summed E-state index contributed by atoms with van der Waals surface area (Å²) in [5.41, 5.74) is 0. The Bertz CT molecular complexity index is 378. The molecule has 4 nitrogen and oxygen atoms in total. The van der Waals surface area contributed by atoms with Gasteiger partial charge in [0.25, 0.3) is 0 Å². The molecule has 3 saturated heterocycles. The molecule has 3 heterocycles. The summed E-state index contributed by atoms with van der Waals surface area (Å²) in [6.07, 6.45) is 10.7. The molecule has 0 aromatic rings. The second kappa shape index (κ2) is 6.82. The highest BCUT2D eigenvalue weighted by Gasteiger charge is 2.38. The zero-order valence-electron chi connectivity index (χ0n) is 13.0. The molecule has 21 heavy (non-hydrogen) atoms. The van der Waals surface area contributed by atoms with Crippen LogP contribution in [0.15, 0.2) is 12.7 Å². The summed E-state index contributed by atoms with van der Waals surface area (Å²) in [4.78, 5) is 14.6. The van der Waals surface area contributed by atoms with Gasteiger partial charge in [0, 0.05) is 25.2 Å². The van der Waals surface area contributed by atoms with Crippen LogP contribution >= 0.6 is 0 Å². The van der Waals surface area contributed by atoms with E-state index in [4.69, 9.17) is 0 Å². The van der Waals surface area contributed by atoms with Gasteiger partial charge in [0.15, 0.2) is 0 Å². The Labute approximate surface area is 128 Å².